The summed E-state index contributed by atoms with van der Waals surface area (Å²) in [6.45, 7) is 8.11. The second-order valence-electron chi connectivity index (χ2n) is 6.40. The lowest BCUT2D eigenvalue weighted by molar-refractivity contribution is 0.479. The number of aromatic nitrogens is 3. The number of hydrogen-bond donors (Lipinski definition) is 0. The van der Waals surface area contributed by atoms with Gasteiger partial charge in [0, 0.05) is 55.5 Å². The number of hydrogen-bond acceptors (Lipinski definition) is 5. The van der Waals surface area contributed by atoms with Crippen molar-refractivity contribution in [2.45, 2.75) is 39.7 Å². The summed E-state index contributed by atoms with van der Waals surface area (Å²) in [5.41, 5.74) is 3.36. The first-order valence-electron chi connectivity index (χ1n) is 8.25. The van der Waals surface area contributed by atoms with Crippen LogP contribution in [-0.2, 0) is 0 Å². The van der Waals surface area contributed by atoms with E-state index in [-0.39, 0.29) is 0 Å². The fourth-order valence-corrected chi connectivity index (χ4v) is 3.30. The highest BCUT2D eigenvalue weighted by Gasteiger charge is 2.23. The summed E-state index contributed by atoms with van der Waals surface area (Å²) < 4.78 is 0. The molecule has 5 heteroatoms. The molecular formula is C18H25N5. The first kappa shape index (κ1) is 15.7. The maximum absolute atomic E-state index is 4.59. The lowest BCUT2D eigenvalue weighted by Gasteiger charge is -2.38. The number of aryl methyl sites for hydroxylation is 3. The van der Waals surface area contributed by atoms with Gasteiger partial charge in [-0.1, -0.05) is 0 Å². The molecule has 3 rings (SSSR count). The minimum Gasteiger partial charge on any atom is -0.371 e. The van der Waals surface area contributed by atoms with Crippen molar-refractivity contribution in [3.05, 3.63) is 41.6 Å². The molecule has 0 bridgehead atoms. The van der Waals surface area contributed by atoms with Crippen molar-refractivity contribution >= 4 is 11.5 Å². The lowest BCUT2D eigenvalue weighted by atomic mass is 10.0. The molecule has 2 aromatic rings. The van der Waals surface area contributed by atoms with Crippen molar-refractivity contribution in [3.8, 4) is 0 Å². The fraction of sp³-hybridized carbons (Fsp3) is 0.500. The third-order valence-electron chi connectivity index (χ3n) is 4.58. The summed E-state index contributed by atoms with van der Waals surface area (Å²) in [4.78, 5) is 18.0. The Morgan fingerprint density at radius 1 is 1.04 bits per heavy atom. The Hall–Kier alpha value is -2.17. The summed E-state index contributed by atoms with van der Waals surface area (Å²) in [7, 11) is 2.19. The van der Waals surface area contributed by atoms with Gasteiger partial charge in [-0.25, -0.2) is 9.97 Å². The van der Waals surface area contributed by atoms with Crippen LogP contribution in [-0.4, -0.2) is 41.1 Å². The maximum Gasteiger partial charge on any atom is 0.132 e. The van der Waals surface area contributed by atoms with E-state index < -0.39 is 0 Å². The summed E-state index contributed by atoms with van der Waals surface area (Å²) in [6, 6.07) is 6.90. The lowest BCUT2D eigenvalue weighted by Crippen LogP contribution is -2.44. The largest absolute Gasteiger partial charge is 0.371 e. The van der Waals surface area contributed by atoms with Gasteiger partial charge < -0.3 is 9.80 Å². The van der Waals surface area contributed by atoms with E-state index in [1.807, 2.05) is 27.0 Å². The van der Waals surface area contributed by atoms with E-state index in [1.54, 1.807) is 0 Å². The van der Waals surface area contributed by atoms with Crippen LogP contribution in [0.25, 0.3) is 0 Å². The van der Waals surface area contributed by atoms with Gasteiger partial charge in [0.2, 0.25) is 0 Å². The van der Waals surface area contributed by atoms with E-state index in [0.717, 1.165) is 49.0 Å². The number of pyridine rings is 1. The van der Waals surface area contributed by atoms with Crippen molar-refractivity contribution in [2.75, 3.05) is 29.9 Å². The molecule has 0 radical (unpaired) electrons. The van der Waals surface area contributed by atoms with Crippen LogP contribution in [0.15, 0.2) is 24.4 Å². The SMILES string of the molecule is Cc1cc(N(C)C2CCN(c3cc(C)nc(C)n3)CC2)ccn1. The van der Waals surface area contributed by atoms with Crippen LogP contribution < -0.4 is 9.80 Å². The molecule has 1 fully saturated rings. The van der Waals surface area contributed by atoms with E-state index >= 15 is 0 Å². The molecule has 2 aromatic heterocycles. The van der Waals surface area contributed by atoms with Crippen LogP contribution in [0.4, 0.5) is 11.5 Å². The van der Waals surface area contributed by atoms with E-state index in [9.17, 15) is 0 Å². The number of anilines is 2. The van der Waals surface area contributed by atoms with Gasteiger partial charge in [0.25, 0.3) is 0 Å². The molecule has 1 aliphatic heterocycles. The first-order valence-corrected chi connectivity index (χ1v) is 8.25. The molecule has 0 N–H and O–H groups in total. The molecule has 0 unspecified atom stereocenters. The van der Waals surface area contributed by atoms with Crippen LogP contribution in [0.5, 0.6) is 0 Å². The van der Waals surface area contributed by atoms with Crippen molar-refractivity contribution in [3.63, 3.8) is 0 Å². The van der Waals surface area contributed by atoms with Crippen LogP contribution in [0, 0.1) is 20.8 Å². The number of rotatable bonds is 3. The van der Waals surface area contributed by atoms with Crippen molar-refractivity contribution in [1.29, 1.82) is 0 Å². The summed E-state index contributed by atoms with van der Waals surface area (Å²) in [5.74, 6) is 1.92. The Bertz CT molecular complexity index is 657. The predicted octanol–water partition coefficient (Wildman–Crippen LogP) is 2.90. The predicted molar refractivity (Wildman–Crippen MR) is 94.1 cm³/mol. The highest BCUT2D eigenvalue weighted by Crippen LogP contribution is 2.24. The molecular weight excluding hydrogens is 286 g/mol. The molecule has 5 nitrogen and oxygen atoms in total. The fourth-order valence-electron chi connectivity index (χ4n) is 3.30. The quantitative estimate of drug-likeness (QED) is 0.872. The molecule has 122 valence electrons. The van der Waals surface area contributed by atoms with Crippen LogP contribution in [0.1, 0.15) is 30.1 Å². The van der Waals surface area contributed by atoms with E-state index in [4.69, 9.17) is 0 Å². The van der Waals surface area contributed by atoms with E-state index in [0.29, 0.717) is 6.04 Å². The third kappa shape index (κ3) is 3.60. The van der Waals surface area contributed by atoms with Crippen molar-refractivity contribution < 1.29 is 0 Å². The zero-order valence-electron chi connectivity index (χ0n) is 14.5. The Balaban J connectivity index is 1.66. The van der Waals surface area contributed by atoms with Gasteiger partial charge in [0.1, 0.15) is 11.6 Å². The summed E-state index contributed by atoms with van der Waals surface area (Å²) in [6.07, 6.45) is 4.17. The third-order valence-corrected chi connectivity index (χ3v) is 4.58. The van der Waals surface area contributed by atoms with Gasteiger partial charge in [0.05, 0.1) is 0 Å². The van der Waals surface area contributed by atoms with Gasteiger partial charge in [0.15, 0.2) is 0 Å². The van der Waals surface area contributed by atoms with Gasteiger partial charge in [-0.05, 0) is 45.7 Å². The highest BCUT2D eigenvalue weighted by atomic mass is 15.2. The van der Waals surface area contributed by atoms with Crippen molar-refractivity contribution in [2.24, 2.45) is 0 Å². The number of nitrogens with zero attached hydrogens (tertiary/aromatic N) is 5. The second-order valence-corrected chi connectivity index (χ2v) is 6.40. The van der Waals surface area contributed by atoms with Gasteiger partial charge in [-0.2, -0.15) is 0 Å². The van der Waals surface area contributed by atoms with Crippen LogP contribution in [0.3, 0.4) is 0 Å². The summed E-state index contributed by atoms with van der Waals surface area (Å²) in [5, 5.41) is 0. The normalized spacial score (nSPS) is 15.7. The number of piperidine rings is 1. The molecule has 23 heavy (non-hydrogen) atoms. The zero-order valence-corrected chi connectivity index (χ0v) is 14.5. The monoisotopic (exact) mass is 311 g/mol. The molecule has 3 heterocycles. The molecule has 1 aliphatic rings. The van der Waals surface area contributed by atoms with Crippen LogP contribution in [0.2, 0.25) is 0 Å². The van der Waals surface area contributed by atoms with E-state index in [2.05, 4.69) is 50.0 Å². The smallest absolute Gasteiger partial charge is 0.132 e. The van der Waals surface area contributed by atoms with Gasteiger partial charge in [-0.15, -0.1) is 0 Å². The average Bonchev–Trinajstić information content (AvgIpc) is 2.53. The maximum atomic E-state index is 4.59. The highest BCUT2D eigenvalue weighted by molar-refractivity contribution is 5.47. The Labute approximate surface area is 138 Å². The van der Waals surface area contributed by atoms with E-state index in [1.165, 1.54) is 5.69 Å². The molecule has 1 saturated heterocycles. The summed E-state index contributed by atoms with van der Waals surface area (Å²) >= 11 is 0. The molecule has 0 saturated carbocycles. The molecule has 0 amide bonds. The Morgan fingerprint density at radius 2 is 1.78 bits per heavy atom. The molecule has 0 aromatic carbocycles. The Kier molecular flexibility index (Phi) is 4.46. The molecule has 0 aliphatic carbocycles. The minimum atomic E-state index is 0.567. The average molecular weight is 311 g/mol. The van der Waals surface area contributed by atoms with Crippen LogP contribution >= 0.6 is 0 Å². The zero-order chi connectivity index (χ0) is 16.4. The van der Waals surface area contributed by atoms with Crippen molar-refractivity contribution in [1.82, 2.24) is 15.0 Å². The Morgan fingerprint density at radius 3 is 2.43 bits per heavy atom. The minimum absolute atomic E-state index is 0.567. The molecule has 0 atom stereocenters. The standard InChI is InChI=1S/C18H25N5/c1-13-11-17(5-8-19-13)22(4)16-6-9-23(10-7-16)18-12-14(2)20-15(3)21-18/h5,8,11-12,16H,6-7,9-10H2,1-4H3. The second kappa shape index (κ2) is 6.52. The first-order chi connectivity index (χ1) is 11.0. The topological polar surface area (TPSA) is 45.2 Å². The molecule has 0 spiro atoms. The van der Waals surface area contributed by atoms with Gasteiger partial charge >= 0.3 is 0 Å². The van der Waals surface area contributed by atoms with Gasteiger partial charge in [-0.3, -0.25) is 4.98 Å².